The molecule has 1 heterocycles. The second-order valence-corrected chi connectivity index (χ2v) is 11.9. The van der Waals surface area contributed by atoms with Crippen LogP contribution in [-0.2, 0) is 29.7 Å². The van der Waals surface area contributed by atoms with Crippen LogP contribution in [0.5, 0.6) is 0 Å². The molecule has 0 aliphatic carbocycles. The van der Waals surface area contributed by atoms with Gasteiger partial charge in [-0.1, -0.05) is 23.2 Å². The van der Waals surface area contributed by atoms with Gasteiger partial charge in [-0.15, -0.1) is 0 Å². The van der Waals surface area contributed by atoms with E-state index in [9.17, 15) is 31.0 Å². The first kappa shape index (κ1) is 26.7. The lowest BCUT2D eigenvalue weighted by molar-refractivity contribution is -0.120. The molecule has 1 unspecified atom stereocenters. The standard InChI is InChI=1S/C20H18Cl2N4O7S2/c1-11(27)24-34(29,30)17-9-14(6-7-15(17)21)26-19(35(31,32)33)25(18(28)20(26,2)3)13-5-4-12(10-23)16(22)8-13/h4-9,19H,1-3H3,(H,24,27)(H,31,32,33). The van der Waals surface area contributed by atoms with E-state index in [0.29, 0.717) is 0 Å². The molecule has 35 heavy (non-hydrogen) atoms. The van der Waals surface area contributed by atoms with Crippen molar-refractivity contribution in [2.45, 2.75) is 36.7 Å². The number of nitrogens with zero attached hydrogens (tertiary/aromatic N) is 3. The zero-order valence-corrected chi connectivity index (χ0v) is 21.5. The fourth-order valence-electron chi connectivity index (χ4n) is 3.69. The number of amides is 2. The average molecular weight is 561 g/mol. The third-order valence-corrected chi connectivity index (χ3v) is 8.35. The van der Waals surface area contributed by atoms with Gasteiger partial charge in [-0.2, -0.15) is 13.7 Å². The van der Waals surface area contributed by atoms with Gasteiger partial charge in [0, 0.05) is 18.3 Å². The number of carbonyl (C=O) groups is 2. The Bertz CT molecular complexity index is 1500. The summed E-state index contributed by atoms with van der Waals surface area (Å²) in [5.41, 5.74) is -3.73. The predicted molar refractivity (Wildman–Crippen MR) is 128 cm³/mol. The Morgan fingerprint density at radius 3 is 2.20 bits per heavy atom. The molecule has 1 atom stereocenters. The van der Waals surface area contributed by atoms with Crippen LogP contribution in [0, 0.1) is 11.3 Å². The topological polar surface area (TPSA) is 165 Å². The number of benzene rings is 2. The first-order valence-electron chi connectivity index (χ1n) is 9.64. The molecule has 11 nitrogen and oxygen atoms in total. The predicted octanol–water partition coefficient (Wildman–Crippen LogP) is 2.49. The molecule has 1 fully saturated rings. The van der Waals surface area contributed by atoms with E-state index in [-0.39, 0.29) is 27.0 Å². The van der Waals surface area contributed by atoms with Crippen LogP contribution in [0.2, 0.25) is 10.0 Å². The van der Waals surface area contributed by atoms with Crippen molar-refractivity contribution in [1.29, 1.82) is 5.26 Å². The van der Waals surface area contributed by atoms with Crippen LogP contribution in [0.15, 0.2) is 41.3 Å². The molecule has 0 bridgehead atoms. The second-order valence-electron chi connectivity index (χ2n) is 8.00. The number of rotatable bonds is 5. The number of hydrogen-bond donors (Lipinski definition) is 2. The Balaban J connectivity index is 2.26. The average Bonchev–Trinajstić information content (AvgIpc) is 2.93. The molecule has 186 valence electrons. The lowest BCUT2D eigenvalue weighted by atomic mass is 10.0. The Kier molecular flexibility index (Phi) is 6.84. The van der Waals surface area contributed by atoms with Gasteiger partial charge in [0.05, 0.1) is 15.6 Å². The minimum Gasteiger partial charge on any atom is -0.322 e. The van der Waals surface area contributed by atoms with Crippen LogP contribution in [-0.4, -0.2) is 44.2 Å². The van der Waals surface area contributed by atoms with Crippen molar-refractivity contribution < 1.29 is 31.0 Å². The van der Waals surface area contributed by atoms with Crippen molar-refractivity contribution >= 4 is 66.5 Å². The maximum Gasteiger partial charge on any atom is 0.306 e. The van der Waals surface area contributed by atoms with E-state index in [2.05, 4.69) is 0 Å². The third kappa shape index (κ3) is 4.80. The van der Waals surface area contributed by atoms with Gasteiger partial charge in [0.2, 0.25) is 11.4 Å². The first-order valence-corrected chi connectivity index (χ1v) is 13.4. The summed E-state index contributed by atoms with van der Waals surface area (Å²) in [4.78, 5) is 26.0. The van der Waals surface area contributed by atoms with E-state index in [1.807, 2.05) is 6.07 Å². The fourth-order valence-corrected chi connectivity index (χ4v) is 6.55. The molecule has 1 aliphatic heterocycles. The summed E-state index contributed by atoms with van der Waals surface area (Å²) < 4.78 is 62.2. The lowest BCUT2D eigenvalue weighted by Crippen LogP contribution is -2.49. The molecular weight excluding hydrogens is 543 g/mol. The van der Waals surface area contributed by atoms with Gasteiger partial charge in [0.25, 0.3) is 15.9 Å². The molecule has 15 heteroatoms. The van der Waals surface area contributed by atoms with Gasteiger partial charge < -0.3 is 4.90 Å². The van der Waals surface area contributed by atoms with Crippen molar-refractivity contribution in [3.8, 4) is 6.07 Å². The highest BCUT2D eigenvalue weighted by atomic mass is 35.5. The normalized spacial score (nSPS) is 17.9. The number of nitrogens with one attached hydrogen (secondary N) is 1. The van der Waals surface area contributed by atoms with Crippen molar-refractivity contribution in [2.24, 2.45) is 0 Å². The summed E-state index contributed by atoms with van der Waals surface area (Å²) in [7, 11) is -9.48. The van der Waals surface area contributed by atoms with E-state index < -0.39 is 47.9 Å². The molecule has 1 saturated heterocycles. The van der Waals surface area contributed by atoms with E-state index >= 15 is 0 Å². The Morgan fingerprint density at radius 1 is 1.09 bits per heavy atom. The smallest absolute Gasteiger partial charge is 0.306 e. The van der Waals surface area contributed by atoms with Crippen molar-refractivity contribution in [3.63, 3.8) is 0 Å². The van der Waals surface area contributed by atoms with Gasteiger partial charge in [-0.25, -0.2) is 13.1 Å². The molecule has 1 aliphatic rings. The van der Waals surface area contributed by atoms with Gasteiger partial charge in [-0.05, 0) is 50.2 Å². The molecule has 3 rings (SSSR count). The summed E-state index contributed by atoms with van der Waals surface area (Å²) in [5, 5.41) is 8.77. The highest BCUT2D eigenvalue weighted by molar-refractivity contribution is 7.90. The molecule has 2 aromatic carbocycles. The molecule has 0 saturated carbocycles. The SMILES string of the molecule is CC(=O)NS(=O)(=O)c1cc(N2C(S(=O)(=O)O)N(c3ccc(C#N)c(Cl)c3)C(=O)C2(C)C)ccc1Cl. The summed E-state index contributed by atoms with van der Waals surface area (Å²) in [6.45, 7) is 3.72. The first-order chi connectivity index (χ1) is 16.0. The lowest BCUT2D eigenvalue weighted by Gasteiger charge is -2.34. The molecule has 2 amide bonds. The molecule has 0 aromatic heterocycles. The van der Waals surface area contributed by atoms with E-state index in [1.165, 1.54) is 38.1 Å². The van der Waals surface area contributed by atoms with Gasteiger partial charge in [-0.3, -0.25) is 19.0 Å². The number of hydrogen-bond acceptors (Lipinski definition) is 8. The number of halogens is 2. The highest BCUT2D eigenvalue weighted by Gasteiger charge is 2.57. The summed E-state index contributed by atoms with van der Waals surface area (Å²) in [5.74, 6) is -1.66. The van der Waals surface area contributed by atoms with Gasteiger partial charge in [0.15, 0.2) is 0 Å². The minimum absolute atomic E-state index is 0.0303. The Hall–Kier alpha value is -2.89. The summed E-state index contributed by atoms with van der Waals surface area (Å²) in [6.07, 6.45) is 0. The molecular formula is C20H18Cl2N4O7S2. The fraction of sp³-hybridized carbons (Fsp3) is 0.250. The summed E-state index contributed by atoms with van der Waals surface area (Å²) >= 11 is 12.1. The van der Waals surface area contributed by atoms with E-state index in [1.54, 1.807) is 4.72 Å². The number of carbonyl (C=O) groups excluding carboxylic acids is 2. The van der Waals surface area contributed by atoms with Crippen molar-refractivity contribution in [1.82, 2.24) is 4.72 Å². The molecule has 0 spiro atoms. The van der Waals surface area contributed by atoms with Crippen LogP contribution >= 0.6 is 23.2 Å². The Morgan fingerprint density at radius 2 is 1.69 bits per heavy atom. The van der Waals surface area contributed by atoms with Crippen molar-refractivity contribution in [2.75, 3.05) is 9.80 Å². The van der Waals surface area contributed by atoms with E-state index in [4.69, 9.17) is 28.5 Å². The highest BCUT2D eigenvalue weighted by Crippen LogP contribution is 2.42. The number of anilines is 2. The Labute approximate surface area is 211 Å². The number of sulfonamides is 1. The monoisotopic (exact) mass is 560 g/mol. The third-order valence-electron chi connectivity index (χ3n) is 5.16. The molecule has 2 aromatic rings. The van der Waals surface area contributed by atoms with Crippen LogP contribution < -0.4 is 14.5 Å². The van der Waals surface area contributed by atoms with Crippen molar-refractivity contribution in [3.05, 3.63) is 52.0 Å². The molecule has 0 radical (unpaired) electrons. The summed E-state index contributed by atoms with van der Waals surface area (Å²) in [6, 6.07) is 9.00. The zero-order valence-electron chi connectivity index (χ0n) is 18.4. The van der Waals surface area contributed by atoms with Gasteiger partial charge in [0.1, 0.15) is 16.5 Å². The zero-order chi connectivity index (χ0) is 26.5. The quantitative estimate of drug-likeness (QED) is 0.522. The largest absolute Gasteiger partial charge is 0.322 e. The van der Waals surface area contributed by atoms with Crippen LogP contribution in [0.3, 0.4) is 0 Å². The van der Waals surface area contributed by atoms with E-state index in [0.717, 1.165) is 28.9 Å². The molecule has 2 N–H and O–H groups in total. The van der Waals surface area contributed by atoms with Crippen LogP contribution in [0.1, 0.15) is 26.3 Å². The van der Waals surface area contributed by atoms with Crippen LogP contribution in [0.4, 0.5) is 11.4 Å². The number of nitriles is 1. The minimum atomic E-state index is -5.04. The maximum absolute atomic E-state index is 13.4. The van der Waals surface area contributed by atoms with Crippen LogP contribution in [0.25, 0.3) is 0 Å². The second kappa shape index (κ2) is 8.96. The maximum atomic E-state index is 13.4. The van der Waals surface area contributed by atoms with Gasteiger partial charge >= 0.3 is 10.1 Å².